The number of esters is 1. The zero-order valence-corrected chi connectivity index (χ0v) is 15.9. The molecule has 0 bridgehead atoms. The van der Waals surface area contributed by atoms with Gasteiger partial charge in [-0.15, -0.1) is 0 Å². The van der Waals surface area contributed by atoms with Crippen molar-refractivity contribution in [1.82, 2.24) is 10.6 Å². The molecule has 0 aromatic heterocycles. The first-order valence-corrected chi connectivity index (χ1v) is 8.81. The third-order valence-electron chi connectivity index (χ3n) is 3.18. The third-order valence-corrected chi connectivity index (χ3v) is 3.18. The predicted molar refractivity (Wildman–Crippen MR) is 94.9 cm³/mol. The summed E-state index contributed by atoms with van der Waals surface area (Å²) in [6, 6.07) is -0.441. The molecule has 0 aromatic carbocycles. The molecule has 0 spiro atoms. The SMILES string of the molecule is CCOC(=O)CCCN[C@@H](CCCCNC(=O)OC(C)(C)C)C(N)=O. The smallest absolute Gasteiger partial charge is 0.407 e. The summed E-state index contributed by atoms with van der Waals surface area (Å²) in [6.07, 6.45) is 2.47. The molecule has 25 heavy (non-hydrogen) atoms. The van der Waals surface area contributed by atoms with Gasteiger partial charge >= 0.3 is 12.1 Å². The standard InChI is InChI=1S/C17H33N3O5/c1-5-24-14(21)10-8-12-19-13(15(18)22)9-6-7-11-20-16(23)25-17(2,3)4/h13,19H,5-12H2,1-4H3,(H2,18,22)(H,20,23)/t13-/m0/s1. The number of rotatable bonds is 12. The van der Waals surface area contributed by atoms with E-state index in [9.17, 15) is 14.4 Å². The Morgan fingerprint density at radius 1 is 1.08 bits per heavy atom. The van der Waals surface area contributed by atoms with Crippen molar-refractivity contribution in [3.05, 3.63) is 0 Å². The van der Waals surface area contributed by atoms with Crippen LogP contribution >= 0.6 is 0 Å². The lowest BCUT2D eigenvalue weighted by Crippen LogP contribution is -2.41. The van der Waals surface area contributed by atoms with Crippen molar-refractivity contribution in [2.24, 2.45) is 5.73 Å². The molecule has 8 heteroatoms. The van der Waals surface area contributed by atoms with Crippen molar-refractivity contribution in [3.63, 3.8) is 0 Å². The van der Waals surface area contributed by atoms with E-state index in [1.54, 1.807) is 27.7 Å². The van der Waals surface area contributed by atoms with Crippen LogP contribution in [0.3, 0.4) is 0 Å². The number of nitrogens with one attached hydrogen (secondary N) is 2. The van der Waals surface area contributed by atoms with Crippen LogP contribution in [0.25, 0.3) is 0 Å². The van der Waals surface area contributed by atoms with Crippen LogP contribution in [0, 0.1) is 0 Å². The number of carbonyl (C=O) groups is 3. The fourth-order valence-electron chi connectivity index (χ4n) is 2.07. The zero-order valence-electron chi connectivity index (χ0n) is 15.9. The minimum atomic E-state index is -0.519. The van der Waals surface area contributed by atoms with Gasteiger partial charge in [-0.05, 0) is 59.9 Å². The van der Waals surface area contributed by atoms with Gasteiger partial charge in [-0.3, -0.25) is 9.59 Å². The van der Waals surface area contributed by atoms with Crippen LogP contribution in [0.5, 0.6) is 0 Å². The van der Waals surface area contributed by atoms with E-state index in [4.69, 9.17) is 15.2 Å². The predicted octanol–water partition coefficient (Wildman–Crippen LogP) is 1.47. The van der Waals surface area contributed by atoms with Gasteiger partial charge in [-0.1, -0.05) is 0 Å². The molecule has 146 valence electrons. The van der Waals surface area contributed by atoms with E-state index in [-0.39, 0.29) is 5.97 Å². The van der Waals surface area contributed by atoms with E-state index in [0.717, 1.165) is 6.42 Å². The molecule has 0 aliphatic rings. The van der Waals surface area contributed by atoms with E-state index in [2.05, 4.69) is 10.6 Å². The molecule has 0 saturated heterocycles. The maximum Gasteiger partial charge on any atom is 0.407 e. The number of primary amides is 1. The normalized spacial score (nSPS) is 12.3. The summed E-state index contributed by atoms with van der Waals surface area (Å²) in [7, 11) is 0. The number of hydrogen-bond donors (Lipinski definition) is 3. The van der Waals surface area contributed by atoms with Crippen molar-refractivity contribution in [3.8, 4) is 0 Å². The first-order valence-electron chi connectivity index (χ1n) is 8.81. The Morgan fingerprint density at radius 3 is 2.32 bits per heavy atom. The molecule has 8 nitrogen and oxygen atoms in total. The molecule has 0 unspecified atom stereocenters. The van der Waals surface area contributed by atoms with E-state index < -0.39 is 23.6 Å². The zero-order chi connectivity index (χ0) is 19.3. The number of amides is 2. The van der Waals surface area contributed by atoms with Crippen LogP contribution in [0.4, 0.5) is 4.79 Å². The van der Waals surface area contributed by atoms with Crippen molar-refractivity contribution < 1.29 is 23.9 Å². The average molecular weight is 359 g/mol. The van der Waals surface area contributed by atoms with Gasteiger partial charge in [0, 0.05) is 13.0 Å². The number of unbranched alkanes of at least 4 members (excludes halogenated alkanes) is 1. The van der Waals surface area contributed by atoms with Crippen LogP contribution in [0.15, 0.2) is 0 Å². The number of hydrogen-bond acceptors (Lipinski definition) is 6. The first kappa shape index (κ1) is 23.2. The number of ether oxygens (including phenoxy) is 2. The number of alkyl carbamates (subject to hydrolysis) is 1. The monoisotopic (exact) mass is 359 g/mol. The molecule has 0 aliphatic heterocycles. The summed E-state index contributed by atoms with van der Waals surface area (Å²) in [6.45, 7) is 8.53. The van der Waals surface area contributed by atoms with Gasteiger partial charge in [0.25, 0.3) is 0 Å². The van der Waals surface area contributed by atoms with Gasteiger partial charge in [-0.2, -0.15) is 0 Å². The van der Waals surface area contributed by atoms with E-state index in [1.807, 2.05) is 0 Å². The van der Waals surface area contributed by atoms with Gasteiger partial charge < -0.3 is 25.8 Å². The fourth-order valence-corrected chi connectivity index (χ4v) is 2.07. The van der Waals surface area contributed by atoms with Crippen LogP contribution in [0.2, 0.25) is 0 Å². The van der Waals surface area contributed by atoms with Crippen LogP contribution in [-0.4, -0.2) is 49.3 Å². The fraction of sp³-hybridized carbons (Fsp3) is 0.824. The van der Waals surface area contributed by atoms with Gasteiger partial charge in [0.15, 0.2) is 0 Å². The second-order valence-electron chi connectivity index (χ2n) is 6.74. The van der Waals surface area contributed by atoms with E-state index in [0.29, 0.717) is 45.4 Å². The lowest BCUT2D eigenvalue weighted by Gasteiger charge is -2.19. The minimum Gasteiger partial charge on any atom is -0.466 e. The lowest BCUT2D eigenvalue weighted by molar-refractivity contribution is -0.143. The van der Waals surface area contributed by atoms with Crippen LogP contribution < -0.4 is 16.4 Å². The van der Waals surface area contributed by atoms with Gasteiger partial charge in [-0.25, -0.2) is 4.79 Å². The summed E-state index contributed by atoms with van der Waals surface area (Å²) in [5, 5.41) is 5.72. The topological polar surface area (TPSA) is 120 Å². The quantitative estimate of drug-likeness (QED) is 0.358. The molecule has 1 atom stereocenters. The molecule has 0 aromatic rings. The van der Waals surface area contributed by atoms with Crippen molar-refractivity contribution in [2.45, 2.75) is 71.4 Å². The van der Waals surface area contributed by atoms with Crippen LogP contribution in [-0.2, 0) is 19.1 Å². The second-order valence-corrected chi connectivity index (χ2v) is 6.74. The van der Waals surface area contributed by atoms with Gasteiger partial charge in [0.05, 0.1) is 12.6 Å². The molecular weight excluding hydrogens is 326 g/mol. The van der Waals surface area contributed by atoms with Crippen molar-refractivity contribution >= 4 is 18.0 Å². The summed E-state index contributed by atoms with van der Waals surface area (Å²) < 4.78 is 9.97. The van der Waals surface area contributed by atoms with Crippen molar-refractivity contribution in [2.75, 3.05) is 19.7 Å². The molecule has 0 heterocycles. The Morgan fingerprint density at radius 2 is 1.76 bits per heavy atom. The molecule has 2 amide bonds. The highest BCUT2D eigenvalue weighted by Gasteiger charge is 2.16. The Hall–Kier alpha value is -1.83. The summed E-state index contributed by atoms with van der Waals surface area (Å²) >= 11 is 0. The molecular formula is C17H33N3O5. The molecule has 0 aliphatic carbocycles. The minimum absolute atomic E-state index is 0.242. The highest BCUT2D eigenvalue weighted by molar-refractivity contribution is 5.79. The van der Waals surface area contributed by atoms with Crippen LogP contribution in [0.1, 0.15) is 59.8 Å². The van der Waals surface area contributed by atoms with E-state index in [1.165, 1.54) is 0 Å². The molecule has 4 N–H and O–H groups in total. The molecule has 0 fully saturated rings. The van der Waals surface area contributed by atoms with Crippen molar-refractivity contribution in [1.29, 1.82) is 0 Å². The molecule has 0 saturated carbocycles. The Balaban J connectivity index is 3.85. The molecule has 0 radical (unpaired) electrons. The first-order chi connectivity index (χ1) is 11.7. The maximum absolute atomic E-state index is 11.5. The Kier molecular flexibility index (Phi) is 11.6. The number of nitrogens with two attached hydrogens (primary N) is 1. The Bertz CT molecular complexity index is 421. The van der Waals surface area contributed by atoms with Gasteiger partial charge in [0.2, 0.25) is 5.91 Å². The highest BCUT2D eigenvalue weighted by atomic mass is 16.6. The van der Waals surface area contributed by atoms with E-state index >= 15 is 0 Å². The Labute approximate surface area is 150 Å². The summed E-state index contributed by atoms with van der Waals surface area (Å²) in [5.74, 6) is -0.663. The highest BCUT2D eigenvalue weighted by Crippen LogP contribution is 2.06. The number of carbonyl (C=O) groups excluding carboxylic acids is 3. The lowest BCUT2D eigenvalue weighted by atomic mass is 10.1. The second kappa shape index (κ2) is 12.5. The largest absolute Gasteiger partial charge is 0.466 e. The average Bonchev–Trinajstić information content (AvgIpc) is 2.47. The van der Waals surface area contributed by atoms with Gasteiger partial charge in [0.1, 0.15) is 5.60 Å². The molecule has 0 rings (SSSR count). The summed E-state index contributed by atoms with van der Waals surface area (Å²) in [4.78, 5) is 34.1. The third kappa shape index (κ3) is 14.2. The maximum atomic E-state index is 11.5. The summed E-state index contributed by atoms with van der Waals surface area (Å²) in [5.41, 5.74) is 4.86.